The molecule has 0 saturated carbocycles. The zero-order valence-corrected chi connectivity index (χ0v) is 13.9. The lowest BCUT2D eigenvalue weighted by atomic mass is 10.3. The van der Waals surface area contributed by atoms with E-state index in [4.69, 9.17) is 0 Å². The lowest BCUT2D eigenvalue weighted by molar-refractivity contribution is 0.102. The number of benzene rings is 1. The average Bonchev–Trinajstić information content (AvgIpc) is 3.33. The zero-order valence-electron chi connectivity index (χ0n) is 13.9. The van der Waals surface area contributed by atoms with Crippen LogP contribution in [0.1, 0.15) is 15.9 Å². The largest absolute Gasteiger partial charge is 0.307 e. The minimum atomic E-state index is -0.222. The summed E-state index contributed by atoms with van der Waals surface area (Å²) in [5.74, 6) is 0.395. The van der Waals surface area contributed by atoms with Crippen LogP contribution in [0.4, 0.5) is 5.82 Å². The Morgan fingerprint density at radius 2 is 1.85 bits per heavy atom. The van der Waals surface area contributed by atoms with Crippen LogP contribution >= 0.6 is 0 Å². The number of anilines is 1. The highest BCUT2D eigenvalue weighted by Gasteiger charge is 2.11. The summed E-state index contributed by atoms with van der Waals surface area (Å²) >= 11 is 0. The van der Waals surface area contributed by atoms with Crippen molar-refractivity contribution in [1.29, 1.82) is 0 Å². The van der Waals surface area contributed by atoms with Crippen molar-refractivity contribution in [2.75, 3.05) is 5.32 Å². The number of hydrogen-bond donors (Lipinski definition) is 1. The molecule has 3 aromatic heterocycles. The van der Waals surface area contributed by atoms with E-state index < -0.39 is 0 Å². The Bertz CT molecular complexity index is 1010. The smallest absolute Gasteiger partial charge is 0.258 e. The quantitative estimate of drug-likeness (QED) is 0.604. The molecule has 1 amide bonds. The normalized spacial score (nSPS) is 10.6. The fourth-order valence-electron chi connectivity index (χ4n) is 2.59. The molecule has 0 saturated heterocycles. The maximum Gasteiger partial charge on any atom is 0.258 e. The van der Waals surface area contributed by atoms with Crippen molar-refractivity contribution >= 4 is 11.7 Å². The first kappa shape index (κ1) is 15.8. The molecule has 4 rings (SSSR count). The third-order valence-electron chi connectivity index (χ3n) is 3.87. The third-order valence-corrected chi connectivity index (χ3v) is 3.87. The topological polar surface area (TPSA) is 77.6 Å². The third kappa shape index (κ3) is 3.36. The van der Waals surface area contributed by atoms with E-state index in [9.17, 15) is 4.79 Å². The standard InChI is InChI=1S/C19H16N6O/c26-19(16-5-4-9-20-12-16)23-18-8-10-21-25(18)14-15-11-22-24(13-15)17-6-2-1-3-7-17/h1-13H,14H2,(H,23,26). The minimum absolute atomic E-state index is 0.222. The van der Waals surface area contributed by atoms with Crippen LogP contribution in [-0.4, -0.2) is 30.5 Å². The van der Waals surface area contributed by atoms with Crippen LogP contribution in [0, 0.1) is 0 Å². The average molecular weight is 344 g/mol. The molecule has 128 valence electrons. The van der Waals surface area contributed by atoms with Crippen LogP contribution in [0.2, 0.25) is 0 Å². The molecular formula is C19H16N6O. The van der Waals surface area contributed by atoms with Crippen molar-refractivity contribution in [3.63, 3.8) is 0 Å². The van der Waals surface area contributed by atoms with Crippen LogP contribution in [-0.2, 0) is 6.54 Å². The van der Waals surface area contributed by atoms with E-state index in [-0.39, 0.29) is 5.91 Å². The van der Waals surface area contributed by atoms with E-state index in [1.54, 1.807) is 41.5 Å². The van der Waals surface area contributed by atoms with Crippen LogP contribution in [0.5, 0.6) is 0 Å². The number of nitrogens with one attached hydrogen (secondary N) is 1. The molecule has 7 heteroatoms. The predicted molar refractivity (Wildman–Crippen MR) is 97.1 cm³/mol. The maximum atomic E-state index is 12.3. The van der Waals surface area contributed by atoms with E-state index >= 15 is 0 Å². The van der Waals surface area contributed by atoms with Gasteiger partial charge in [0.05, 0.1) is 30.2 Å². The fraction of sp³-hybridized carbons (Fsp3) is 0.0526. The molecule has 1 N–H and O–H groups in total. The van der Waals surface area contributed by atoms with Gasteiger partial charge in [0.2, 0.25) is 0 Å². The van der Waals surface area contributed by atoms with Gasteiger partial charge in [0, 0.05) is 30.2 Å². The minimum Gasteiger partial charge on any atom is -0.307 e. The van der Waals surface area contributed by atoms with Crippen LogP contribution in [0.3, 0.4) is 0 Å². The van der Waals surface area contributed by atoms with Gasteiger partial charge >= 0.3 is 0 Å². The molecule has 0 spiro atoms. The van der Waals surface area contributed by atoms with Gasteiger partial charge in [-0.25, -0.2) is 9.36 Å². The molecule has 0 aliphatic carbocycles. The number of amides is 1. The highest BCUT2D eigenvalue weighted by Crippen LogP contribution is 2.13. The molecule has 0 fully saturated rings. The number of carbonyl (C=O) groups is 1. The van der Waals surface area contributed by atoms with Crippen molar-refractivity contribution in [3.8, 4) is 5.69 Å². The Labute approximate surface area is 149 Å². The summed E-state index contributed by atoms with van der Waals surface area (Å²) in [6.07, 6.45) is 8.55. The first-order valence-corrected chi connectivity index (χ1v) is 8.12. The van der Waals surface area contributed by atoms with Gasteiger partial charge in [-0.1, -0.05) is 18.2 Å². The number of aromatic nitrogens is 5. The molecule has 4 aromatic rings. The molecule has 0 radical (unpaired) electrons. The van der Waals surface area contributed by atoms with Crippen molar-refractivity contribution in [2.24, 2.45) is 0 Å². The van der Waals surface area contributed by atoms with Crippen LogP contribution in [0.15, 0.2) is 79.5 Å². The summed E-state index contributed by atoms with van der Waals surface area (Å²) < 4.78 is 3.54. The number of hydrogen-bond acceptors (Lipinski definition) is 4. The second-order valence-corrected chi connectivity index (χ2v) is 5.70. The van der Waals surface area contributed by atoms with Crippen molar-refractivity contribution in [1.82, 2.24) is 24.5 Å². The molecule has 0 bridgehead atoms. The first-order valence-electron chi connectivity index (χ1n) is 8.12. The molecule has 26 heavy (non-hydrogen) atoms. The SMILES string of the molecule is O=C(Nc1ccnn1Cc1cnn(-c2ccccc2)c1)c1cccnc1. The van der Waals surface area contributed by atoms with Gasteiger partial charge in [-0.15, -0.1) is 0 Å². The monoisotopic (exact) mass is 344 g/mol. The summed E-state index contributed by atoms with van der Waals surface area (Å²) in [7, 11) is 0. The van der Waals surface area contributed by atoms with Gasteiger partial charge in [0.1, 0.15) is 5.82 Å². The van der Waals surface area contributed by atoms with Gasteiger partial charge in [0.15, 0.2) is 0 Å². The number of pyridine rings is 1. The molecule has 1 aromatic carbocycles. The molecule has 0 aliphatic heterocycles. The van der Waals surface area contributed by atoms with Crippen LogP contribution in [0.25, 0.3) is 5.69 Å². The van der Waals surface area contributed by atoms with E-state index in [0.29, 0.717) is 17.9 Å². The fourth-order valence-corrected chi connectivity index (χ4v) is 2.59. The van der Waals surface area contributed by atoms with E-state index in [0.717, 1.165) is 11.3 Å². The van der Waals surface area contributed by atoms with Gasteiger partial charge in [0.25, 0.3) is 5.91 Å². The molecule has 0 aliphatic rings. The molecular weight excluding hydrogens is 328 g/mol. The van der Waals surface area contributed by atoms with Gasteiger partial charge in [-0.05, 0) is 24.3 Å². The highest BCUT2D eigenvalue weighted by molar-refractivity contribution is 6.03. The summed E-state index contributed by atoms with van der Waals surface area (Å²) in [6, 6.07) is 15.1. The van der Waals surface area contributed by atoms with Crippen molar-refractivity contribution < 1.29 is 4.79 Å². The molecule has 0 unspecified atom stereocenters. The van der Waals surface area contributed by atoms with E-state index in [1.807, 2.05) is 41.2 Å². The van der Waals surface area contributed by atoms with Gasteiger partial charge < -0.3 is 5.32 Å². The Morgan fingerprint density at radius 1 is 0.962 bits per heavy atom. The Morgan fingerprint density at radius 3 is 2.65 bits per heavy atom. The number of nitrogens with zero attached hydrogens (tertiary/aromatic N) is 5. The second kappa shape index (κ2) is 7.02. The molecule has 7 nitrogen and oxygen atoms in total. The Kier molecular flexibility index (Phi) is 4.26. The molecule has 3 heterocycles. The first-order chi connectivity index (χ1) is 12.8. The molecule has 0 atom stereocenters. The summed E-state index contributed by atoms with van der Waals surface area (Å²) in [4.78, 5) is 16.3. The van der Waals surface area contributed by atoms with E-state index in [1.165, 1.54) is 6.20 Å². The summed E-state index contributed by atoms with van der Waals surface area (Å²) in [5, 5.41) is 11.5. The number of para-hydroxylation sites is 1. The van der Waals surface area contributed by atoms with Crippen LogP contribution < -0.4 is 5.32 Å². The lowest BCUT2D eigenvalue weighted by Crippen LogP contribution is -2.16. The van der Waals surface area contributed by atoms with Crippen molar-refractivity contribution in [2.45, 2.75) is 6.54 Å². The number of carbonyl (C=O) groups excluding carboxylic acids is 1. The Balaban J connectivity index is 1.49. The summed E-state index contributed by atoms with van der Waals surface area (Å²) in [6.45, 7) is 0.502. The predicted octanol–water partition coefficient (Wildman–Crippen LogP) is 2.76. The van der Waals surface area contributed by atoms with Gasteiger partial charge in [-0.2, -0.15) is 10.2 Å². The second-order valence-electron chi connectivity index (χ2n) is 5.70. The summed E-state index contributed by atoms with van der Waals surface area (Å²) in [5.41, 5.74) is 2.47. The Hall–Kier alpha value is -3.74. The lowest BCUT2D eigenvalue weighted by Gasteiger charge is -2.08. The highest BCUT2D eigenvalue weighted by atomic mass is 16.1. The van der Waals surface area contributed by atoms with E-state index in [2.05, 4.69) is 20.5 Å². The maximum absolute atomic E-state index is 12.3. The van der Waals surface area contributed by atoms with Crippen molar-refractivity contribution in [3.05, 3.63) is 90.6 Å². The zero-order chi connectivity index (χ0) is 17.8. The number of rotatable bonds is 5. The van der Waals surface area contributed by atoms with Gasteiger partial charge in [-0.3, -0.25) is 9.78 Å².